The highest BCUT2D eigenvalue weighted by molar-refractivity contribution is 5.94. The van der Waals surface area contributed by atoms with Crippen molar-refractivity contribution >= 4 is 5.78 Å². The SMILES string of the molecule is CC(=O)c1ccc(OCCCCCCC2CO2)cc1. The van der Waals surface area contributed by atoms with Gasteiger partial charge in [0, 0.05) is 5.56 Å². The van der Waals surface area contributed by atoms with Gasteiger partial charge in [0.2, 0.25) is 0 Å². The summed E-state index contributed by atoms with van der Waals surface area (Å²) in [7, 11) is 0. The lowest BCUT2D eigenvalue weighted by Crippen LogP contribution is -1.98. The highest BCUT2D eigenvalue weighted by Crippen LogP contribution is 2.18. The molecule has 3 heteroatoms. The number of benzene rings is 1. The van der Waals surface area contributed by atoms with E-state index in [2.05, 4.69) is 0 Å². The van der Waals surface area contributed by atoms with Gasteiger partial charge in [-0.05, 0) is 44.0 Å². The highest BCUT2D eigenvalue weighted by atomic mass is 16.6. The quantitative estimate of drug-likeness (QED) is 0.387. The zero-order valence-electron chi connectivity index (χ0n) is 11.6. The molecule has 1 aliphatic heterocycles. The van der Waals surface area contributed by atoms with Crippen LogP contribution in [-0.2, 0) is 4.74 Å². The second-order valence-corrected chi connectivity index (χ2v) is 5.09. The molecule has 0 N–H and O–H groups in total. The van der Waals surface area contributed by atoms with E-state index in [0.29, 0.717) is 6.10 Å². The second kappa shape index (κ2) is 7.29. The molecule has 0 radical (unpaired) electrons. The first-order valence-corrected chi connectivity index (χ1v) is 7.11. The lowest BCUT2D eigenvalue weighted by Gasteiger charge is -2.06. The van der Waals surface area contributed by atoms with E-state index in [0.717, 1.165) is 30.9 Å². The molecule has 1 aliphatic rings. The first-order valence-electron chi connectivity index (χ1n) is 7.11. The van der Waals surface area contributed by atoms with Crippen molar-refractivity contribution in [2.75, 3.05) is 13.2 Å². The number of hydrogen-bond donors (Lipinski definition) is 0. The van der Waals surface area contributed by atoms with Crippen LogP contribution in [0.5, 0.6) is 5.75 Å². The summed E-state index contributed by atoms with van der Waals surface area (Å²) in [5, 5.41) is 0. The Balaban J connectivity index is 1.53. The van der Waals surface area contributed by atoms with Crippen molar-refractivity contribution in [3.63, 3.8) is 0 Å². The Labute approximate surface area is 114 Å². The van der Waals surface area contributed by atoms with Gasteiger partial charge >= 0.3 is 0 Å². The van der Waals surface area contributed by atoms with Crippen LogP contribution >= 0.6 is 0 Å². The maximum Gasteiger partial charge on any atom is 0.159 e. The summed E-state index contributed by atoms with van der Waals surface area (Å²) in [5.74, 6) is 0.933. The molecule has 0 bridgehead atoms. The van der Waals surface area contributed by atoms with E-state index in [-0.39, 0.29) is 5.78 Å². The van der Waals surface area contributed by atoms with Crippen molar-refractivity contribution in [1.29, 1.82) is 0 Å². The molecule has 1 atom stereocenters. The van der Waals surface area contributed by atoms with Gasteiger partial charge in [-0.2, -0.15) is 0 Å². The topological polar surface area (TPSA) is 38.8 Å². The van der Waals surface area contributed by atoms with Gasteiger partial charge in [0.1, 0.15) is 5.75 Å². The fourth-order valence-corrected chi connectivity index (χ4v) is 2.04. The lowest BCUT2D eigenvalue weighted by molar-refractivity contribution is 0.101. The smallest absolute Gasteiger partial charge is 0.159 e. The molecule has 104 valence electrons. The third-order valence-electron chi connectivity index (χ3n) is 3.35. The first-order chi connectivity index (χ1) is 9.25. The molecule has 0 aromatic heterocycles. The zero-order valence-corrected chi connectivity index (χ0v) is 11.6. The van der Waals surface area contributed by atoms with Crippen LogP contribution in [0.1, 0.15) is 49.4 Å². The van der Waals surface area contributed by atoms with Gasteiger partial charge in [-0.1, -0.05) is 19.3 Å². The van der Waals surface area contributed by atoms with Crippen LogP contribution in [0.3, 0.4) is 0 Å². The lowest BCUT2D eigenvalue weighted by atomic mass is 10.1. The average Bonchev–Trinajstić information content (AvgIpc) is 3.22. The van der Waals surface area contributed by atoms with Crippen molar-refractivity contribution in [3.05, 3.63) is 29.8 Å². The molecule has 0 aliphatic carbocycles. The third-order valence-corrected chi connectivity index (χ3v) is 3.35. The number of carbonyl (C=O) groups excluding carboxylic acids is 1. The molecule has 1 unspecified atom stereocenters. The highest BCUT2D eigenvalue weighted by Gasteiger charge is 2.20. The van der Waals surface area contributed by atoms with Crippen LogP contribution < -0.4 is 4.74 Å². The Kier molecular flexibility index (Phi) is 5.40. The van der Waals surface area contributed by atoms with Crippen molar-refractivity contribution in [2.45, 2.75) is 45.1 Å². The third kappa shape index (κ3) is 5.43. The van der Waals surface area contributed by atoms with Crippen molar-refractivity contribution in [2.24, 2.45) is 0 Å². The largest absolute Gasteiger partial charge is 0.494 e. The van der Waals surface area contributed by atoms with Gasteiger partial charge in [-0.25, -0.2) is 0 Å². The standard InChI is InChI=1S/C16H22O3/c1-13(17)14-7-9-15(10-8-14)18-11-5-3-2-4-6-16-12-19-16/h7-10,16H,2-6,11-12H2,1H3. The maximum absolute atomic E-state index is 11.1. The summed E-state index contributed by atoms with van der Waals surface area (Å²) >= 11 is 0. The van der Waals surface area contributed by atoms with Crippen molar-refractivity contribution in [1.82, 2.24) is 0 Å². The number of hydrogen-bond acceptors (Lipinski definition) is 3. The fraction of sp³-hybridized carbons (Fsp3) is 0.562. The number of ketones is 1. The zero-order chi connectivity index (χ0) is 13.5. The van der Waals surface area contributed by atoms with Crippen LogP contribution in [-0.4, -0.2) is 25.1 Å². The minimum atomic E-state index is 0.0891. The maximum atomic E-state index is 11.1. The van der Waals surface area contributed by atoms with Crippen LogP contribution in [0, 0.1) is 0 Å². The van der Waals surface area contributed by atoms with E-state index in [9.17, 15) is 4.79 Å². The predicted molar refractivity (Wildman–Crippen MR) is 74.8 cm³/mol. The van der Waals surface area contributed by atoms with E-state index in [1.54, 1.807) is 6.92 Å². The number of rotatable bonds is 9. The molecular weight excluding hydrogens is 240 g/mol. The molecule has 0 amide bonds. The van der Waals surface area contributed by atoms with Crippen LogP contribution in [0.25, 0.3) is 0 Å². The average molecular weight is 262 g/mol. The van der Waals surface area contributed by atoms with E-state index < -0.39 is 0 Å². The second-order valence-electron chi connectivity index (χ2n) is 5.09. The van der Waals surface area contributed by atoms with Gasteiger partial charge in [0.05, 0.1) is 19.3 Å². The molecule has 1 aromatic rings. The number of carbonyl (C=O) groups is 1. The summed E-state index contributed by atoms with van der Waals surface area (Å²) in [4.78, 5) is 11.1. The molecule has 1 fully saturated rings. The van der Waals surface area contributed by atoms with Gasteiger partial charge < -0.3 is 9.47 Å². The molecule has 0 spiro atoms. The minimum absolute atomic E-state index is 0.0891. The summed E-state index contributed by atoms with van der Waals surface area (Å²) in [5.41, 5.74) is 0.731. The molecule has 19 heavy (non-hydrogen) atoms. The van der Waals surface area contributed by atoms with Crippen LogP contribution in [0.15, 0.2) is 24.3 Å². The van der Waals surface area contributed by atoms with Gasteiger partial charge in [0.25, 0.3) is 0 Å². The normalized spacial score (nSPS) is 17.2. The summed E-state index contributed by atoms with van der Waals surface area (Å²) < 4.78 is 10.8. The molecule has 3 nitrogen and oxygen atoms in total. The first kappa shape index (κ1) is 14.1. The summed E-state index contributed by atoms with van der Waals surface area (Å²) in [6, 6.07) is 7.35. The van der Waals surface area contributed by atoms with Gasteiger partial charge in [-0.15, -0.1) is 0 Å². The number of Topliss-reactive ketones (excluding diaryl/α,β-unsaturated/α-hetero) is 1. The Bertz CT molecular complexity index is 393. The molecule has 1 saturated heterocycles. The fourth-order valence-electron chi connectivity index (χ4n) is 2.04. The summed E-state index contributed by atoms with van der Waals surface area (Å²) in [6.45, 7) is 3.29. The predicted octanol–water partition coefficient (Wildman–Crippen LogP) is 3.62. The Morgan fingerprint density at radius 2 is 1.89 bits per heavy atom. The van der Waals surface area contributed by atoms with E-state index in [4.69, 9.17) is 9.47 Å². The van der Waals surface area contributed by atoms with E-state index in [1.807, 2.05) is 24.3 Å². The minimum Gasteiger partial charge on any atom is -0.494 e. The Hall–Kier alpha value is -1.35. The van der Waals surface area contributed by atoms with Crippen LogP contribution in [0.2, 0.25) is 0 Å². The van der Waals surface area contributed by atoms with Gasteiger partial charge in [-0.3, -0.25) is 4.79 Å². The van der Waals surface area contributed by atoms with Crippen molar-refractivity contribution < 1.29 is 14.3 Å². The van der Waals surface area contributed by atoms with Crippen molar-refractivity contribution in [3.8, 4) is 5.75 Å². The monoisotopic (exact) mass is 262 g/mol. The molecule has 1 heterocycles. The van der Waals surface area contributed by atoms with E-state index >= 15 is 0 Å². The van der Waals surface area contributed by atoms with Crippen LogP contribution in [0.4, 0.5) is 0 Å². The number of epoxide rings is 1. The molecule has 1 aromatic carbocycles. The molecular formula is C16H22O3. The molecule has 0 saturated carbocycles. The number of ether oxygens (including phenoxy) is 2. The van der Waals surface area contributed by atoms with Gasteiger partial charge in [0.15, 0.2) is 5.78 Å². The molecule has 2 rings (SSSR count). The number of unbranched alkanes of at least 4 members (excludes halogenated alkanes) is 3. The Morgan fingerprint density at radius 3 is 2.53 bits per heavy atom. The van der Waals surface area contributed by atoms with E-state index in [1.165, 1.54) is 25.7 Å². The summed E-state index contributed by atoms with van der Waals surface area (Å²) in [6.07, 6.45) is 6.59. The Morgan fingerprint density at radius 1 is 1.21 bits per heavy atom.